The van der Waals surface area contributed by atoms with Gasteiger partial charge in [-0.15, -0.1) is 0 Å². The zero-order valence-corrected chi connectivity index (χ0v) is 14.7. The number of rotatable bonds is 4. The highest BCUT2D eigenvalue weighted by atomic mass is 16.3. The Morgan fingerprint density at radius 2 is 1.95 bits per heavy atom. The van der Waals surface area contributed by atoms with Crippen molar-refractivity contribution in [2.24, 2.45) is 22.7 Å². The average Bonchev–Trinajstić information content (AvgIpc) is 2.45. The summed E-state index contributed by atoms with van der Waals surface area (Å²) in [7, 11) is 0. The second-order valence-corrected chi connectivity index (χ2v) is 8.37. The van der Waals surface area contributed by atoms with Crippen LogP contribution in [0.3, 0.4) is 0 Å². The van der Waals surface area contributed by atoms with Gasteiger partial charge >= 0.3 is 0 Å². The second kappa shape index (κ2) is 5.96. The first-order valence-electron chi connectivity index (χ1n) is 8.67. The van der Waals surface area contributed by atoms with Crippen LogP contribution in [0, 0.1) is 22.7 Å². The molecule has 2 rings (SSSR count). The van der Waals surface area contributed by atoms with Crippen LogP contribution in [0.2, 0.25) is 0 Å². The van der Waals surface area contributed by atoms with Crippen molar-refractivity contribution in [1.82, 2.24) is 0 Å². The lowest BCUT2D eigenvalue weighted by Gasteiger charge is -2.60. The van der Waals surface area contributed by atoms with Crippen LogP contribution in [0.1, 0.15) is 66.2 Å². The maximum atomic E-state index is 11.8. The molecule has 2 saturated carbocycles. The SMILES string of the molecule is C=C/C(C)=C\C[C@@H]1[C@@]2(C)CCC[C@](C)(C=O)[C@@H]2CC[C@@]1(C)O. The first-order chi connectivity index (χ1) is 10.2. The van der Waals surface area contributed by atoms with E-state index in [0.717, 1.165) is 44.1 Å². The van der Waals surface area contributed by atoms with Crippen molar-refractivity contribution < 1.29 is 9.90 Å². The fraction of sp³-hybridized carbons (Fsp3) is 0.750. The lowest BCUT2D eigenvalue weighted by Crippen LogP contribution is -2.58. The average molecular weight is 304 g/mol. The smallest absolute Gasteiger partial charge is 0.126 e. The van der Waals surface area contributed by atoms with Crippen molar-refractivity contribution in [2.75, 3.05) is 0 Å². The third-order valence-corrected chi connectivity index (χ3v) is 6.78. The van der Waals surface area contributed by atoms with Crippen molar-refractivity contribution in [1.29, 1.82) is 0 Å². The Kier molecular flexibility index (Phi) is 4.73. The van der Waals surface area contributed by atoms with Gasteiger partial charge in [0, 0.05) is 5.41 Å². The number of hydrogen-bond donors (Lipinski definition) is 1. The van der Waals surface area contributed by atoms with Crippen LogP contribution in [0.4, 0.5) is 0 Å². The van der Waals surface area contributed by atoms with E-state index < -0.39 is 5.60 Å². The molecule has 0 aromatic heterocycles. The van der Waals surface area contributed by atoms with Crippen LogP contribution in [0.15, 0.2) is 24.3 Å². The molecule has 0 unspecified atom stereocenters. The summed E-state index contributed by atoms with van der Waals surface area (Å²) in [5.41, 5.74) is 0.326. The minimum Gasteiger partial charge on any atom is -0.390 e. The maximum Gasteiger partial charge on any atom is 0.126 e. The molecule has 2 fully saturated rings. The Labute approximate surface area is 135 Å². The largest absolute Gasteiger partial charge is 0.390 e. The van der Waals surface area contributed by atoms with Gasteiger partial charge in [-0.2, -0.15) is 0 Å². The number of aliphatic hydroxyl groups is 1. The molecule has 0 aromatic carbocycles. The predicted molar refractivity (Wildman–Crippen MR) is 91.5 cm³/mol. The van der Waals surface area contributed by atoms with Crippen LogP contribution in [0.5, 0.6) is 0 Å². The second-order valence-electron chi connectivity index (χ2n) is 8.37. The Balaban J connectivity index is 2.39. The van der Waals surface area contributed by atoms with Crippen LogP contribution in [-0.4, -0.2) is 17.0 Å². The summed E-state index contributed by atoms with van der Waals surface area (Å²) in [5, 5.41) is 11.0. The van der Waals surface area contributed by atoms with E-state index in [0.29, 0.717) is 5.92 Å². The van der Waals surface area contributed by atoms with Crippen LogP contribution < -0.4 is 0 Å². The van der Waals surface area contributed by atoms with Gasteiger partial charge in [-0.3, -0.25) is 0 Å². The van der Waals surface area contributed by atoms with E-state index in [4.69, 9.17) is 0 Å². The molecular formula is C20H32O2. The molecule has 2 aliphatic rings. The molecule has 0 radical (unpaired) electrons. The summed E-state index contributed by atoms with van der Waals surface area (Å²) in [5.74, 6) is 0.585. The Morgan fingerprint density at radius 3 is 2.55 bits per heavy atom. The Morgan fingerprint density at radius 1 is 1.27 bits per heavy atom. The summed E-state index contributed by atoms with van der Waals surface area (Å²) in [6.45, 7) is 12.3. The molecule has 0 bridgehead atoms. The highest BCUT2D eigenvalue weighted by Crippen LogP contribution is 2.62. The molecule has 5 atom stereocenters. The Hall–Kier alpha value is -0.890. The van der Waals surface area contributed by atoms with E-state index in [1.54, 1.807) is 0 Å². The molecule has 22 heavy (non-hydrogen) atoms. The summed E-state index contributed by atoms with van der Waals surface area (Å²) in [6.07, 6.45) is 11.1. The van der Waals surface area contributed by atoms with Gasteiger partial charge in [0.25, 0.3) is 0 Å². The zero-order valence-electron chi connectivity index (χ0n) is 14.7. The van der Waals surface area contributed by atoms with E-state index in [1.165, 1.54) is 6.29 Å². The van der Waals surface area contributed by atoms with Crippen LogP contribution in [0.25, 0.3) is 0 Å². The molecule has 0 aromatic rings. The maximum absolute atomic E-state index is 11.8. The highest BCUT2D eigenvalue weighted by Gasteiger charge is 2.58. The fourth-order valence-corrected chi connectivity index (χ4v) is 5.40. The van der Waals surface area contributed by atoms with Crippen molar-refractivity contribution in [3.05, 3.63) is 24.3 Å². The number of carbonyl (C=O) groups excluding carboxylic acids is 1. The van der Waals surface area contributed by atoms with Gasteiger partial charge < -0.3 is 9.90 Å². The first kappa shape index (κ1) is 17.5. The molecule has 0 aliphatic heterocycles. The van der Waals surface area contributed by atoms with Crippen molar-refractivity contribution in [3.8, 4) is 0 Å². The summed E-state index contributed by atoms with van der Waals surface area (Å²) in [4.78, 5) is 11.8. The van der Waals surface area contributed by atoms with E-state index in [9.17, 15) is 9.90 Å². The quantitative estimate of drug-likeness (QED) is 0.605. The fourth-order valence-electron chi connectivity index (χ4n) is 5.40. The van der Waals surface area contributed by atoms with E-state index >= 15 is 0 Å². The number of carbonyl (C=O) groups is 1. The molecule has 1 N–H and O–H groups in total. The standard InChI is InChI=1S/C20H32O2/c1-6-15(2)8-9-17-19(4)12-7-11-18(3,14-21)16(19)10-13-20(17,5)22/h6,8,14,16-17,22H,1,7,9-13H2,2-5H3/b15-8-/t16-,17+,18+,19-,20+/m0/s1. The third kappa shape index (κ3) is 2.82. The number of allylic oxidation sites excluding steroid dienone is 3. The normalized spacial score (nSPS) is 46.0. The van der Waals surface area contributed by atoms with Crippen molar-refractivity contribution in [2.45, 2.75) is 71.8 Å². The van der Waals surface area contributed by atoms with E-state index in [-0.39, 0.29) is 16.7 Å². The van der Waals surface area contributed by atoms with Gasteiger partial charge in [-0.05, 0) is 63.2 Å². The molecular weight excluding hydrogens is 272 g/mol. The number of fused-ring (bicyclic) bond motifs is 1. The van der Waals surface area contributed by atoms with Crippen LogP contribution >= 0.6 is 0 Å². The predicted octanol–water partition coefficient (Wildman–Crippen LogP) is 4.68. The molecule has 124 valence electrons. The Bertz CT molecular complexity index is 476. The van der Waals surface area contributed by atoms with Gasteiger partial charge in [-0.25, -0.2) is 0 Å². The molecule has 2 aliphatic carbocycles. The number of hydrogen-bond acceptors (Lipinski definition) is 2. The molecule has 0 spiro atoms. The molecule has 0 heterocycles. The van der Waals surface area contributed by atoms with Gasteiger partial charge in [0.05, 0.1) is 5.60 Å². The van der Waals surface area contributed by atoms with E-state index in [1.807, 2.05) is 13.0 Å². The monoisotopic (exact) mass is 304 g/mol. The third-order valence-electron chi connectivity index (χ3n) is 6.78. The summed E-state index contributed by atoms with van der Waals surface area (Å²) >= 11 is 0. The highest BCUT2D eigenvalue weighted by molar-refractivity contribution is 5.60. The summed E-state index contributed by atoms with van der Waals surface area (Å²) in [6, 6.07) is 0. The van der Waals surface area contributed by atoms with Gasteiger partial charge in [0.1, 0.15) is 6.29 Å². The van der Waals surface area contributed by atoms with Crippen molar-refractivity contribution in [3.63, 3.8) is 0 Å². The van der Waals surface area contributed by atoms with Gasteiger partial charge in [0.2, 0.25) is 0 Å². The van der Waals surface area contributed by atoms with Crippen LogP contribution in [-0.2, 0) is 4.79 Å². The molecule has 0 amide bonds. The lowest BCUT2D eigenvalue weighted by atomic mass is 9.45. The summed E-state index contributed by atoms with van der Waals surface area (Å²) < 4.78 is 0. The molecule has 2 heteroatoms. The van der Waals surface area contributed by atoms with E-state index in [2.05, 4.69) is 33.4 Å². The first-order valence-corrected chi connectivity index (χ1v) is 8.67. The topological polar surface area (TPSA) is 37.3 Å². The van der Waals surface area contributed by atoms with Crippen molar-refractivity contribution >= 4 is 6.29 Å². The van der Waals surface area contributed by atoms with Gasteiger partial charge in [-0.1, -0.05) is 44.6 Å². The minimum absolute atomic E-state index is 0.0353. The molecule has 0 saturated heterocycles. The lowest BCUT2D eigenvalue weighted by molar-refractivity contribution is -0.171. The van der Waals surface area contributed by atoms with Gasteiger partial charge in [0.15, 0.2) is 0 Å². The minimum atomic E-state index is -0.648. The zero-order chi connectivity index (χ0) is 16.6. The molecule has 2 nitrogen and oxygen atoms in total. The number of aldehydes is 1.